The van der Waals surface area contributed by atoms with E-state index in [2.05, 4.69) is 0 Å². The summed E-state index contributed by atoms with van der Waals surface area (Å²) < 4.78 is 9.47. The summed E-state index contributed by atoms with van der Waals surface area (Å²) in [5.41, 5.74) is 0. The second-order valence-electron chi connectivity index (χ2n) is 0.655. The van der Waals surface area contributed by atoms with E-state index >= 15 is 0 Å². The second kappa shape index (κ2) is 3.21. The number of rotatable bonds is 2. The van der Waals surface area contributed by atoms with Crippen LogP contribution in [0.1, 0.15) is 0 Å². The van der Waals surface area contributed by atoms with Gasteiger partial charge in [-0.3, -0.25) is 0 Å². The standard InChI is InChI=1S/C2H3O2.O.V/c3-1-2-4;;/h1-3H;;. The first kappa shape index (κ1) is 6.01. The fourth-order valence-corrected chi connectivity index (χ4v) is 0.102. The zero-order valence-electron chi connectivity index (χ0n) is 2.87. The maximum absolute atomic E-state index is 9.47. The Kier molecular flexibility index (Phi) is 3.22. The van der Waals surface area contributed by atoms with E-state index in [1.807, 2.05) is 0 Å². The molecule has 0 rings (SSSR count). The van der Waals surface area contributed by atoms with Gasteiger partial charge in [0.15, 0.2) is 0 Å². The van der Waals surface area contributed by atoms with Gasteiger partial charge in [-0.05, 0) is 0 Å². The molecule has 4 heteroatoms. The molecule has 3 nitrogen and oxygen atoms in total. The molecular formula is C2H3O3V. The van der Waals surface area contributed by atoms with E-state index in [0.717, 1.165) is 0 Å². The Morgan fingerprint density at radius 1 is 1.83 bits per heavy atom. The summed E-state index contributed by atoms with van der Waals surface area (Å²) in [6.07, 6.45) is 0.257. The van der Waals surface area contributed by atoms with Crippen molar-refractivity contribution < 1.29 is 29.8 Å². The monoisotopic (exact) mass is 126 g/mol. The Hall–Kier alpha value is 0.0144. The average Bonchev–Trinajstić information content (AvgIpc) is 1.65. The van der Waals surface area contributed by atoms with E-state index in [4.69, 9.17) is 5.11 Å². The van der Waals surface area contributed by atoms with Gasteiger partial charge >= 0.3 is 40.9 Å². The average molecular weight is 126 g/mol. The van der Waals surface area contributed by atoms with Gasteiger partial charge < -0.3 is 0 Å². The van der Waals surface area contributed by atoms with Gasteiger partial charge in [0.05, 0.1) is 0 Å². The Labute approximate surface area is 41.6 Å². The summed E-state index contributed by atoms with van der Waals surface area (Å²) in [4.78, 5) is 8.10. The van der Waals surface area contributed by atoms with E-state index in [1.54, 1.807) is 0 Å². The normalized spacial score (nSPS) is 12.8. The van der Waals surface area contributed by atoms with Crippen molar-refractivity contribution in [1.82, 2.24) is 0 Å². The molecule has 0 heterocycles. The summed E-state index contributed by atoms with van der Waals surface area (Å²) >= 11 is -1.40. The molecule has 0 aliphatic rings. The van der Waals surface area contributed by atoms with Crippen molar-refractivity contribution in [2.45, 2.75) is 4.82 Å². The van der Waals surface area contributed by atoms with Crippen LogP contribution in [-0.2, 0) is 24.7 Å². The summed E-state index contributed by atoms with van der Waals surface area (Å²) in [6, 6.07) is 0. The van der Waals surface area contributed by atoms with Gasteiger partial charge in [0, 0.05) is 0 Å². The molecule has 0 aromatic carbocycles. The van der Waals surface area contributed by atoms with Crippen molar-refractivity contribution in [2.75, 3.05) is 0 Å². The molecule has 0 aromatic rings. The molecule has 0 aromatic heterocycles. The van der Waals surface area contributed by atoms with E-state index in [0.29, 0.717) is 0 Å². The number of hydrogen-bond donors (Lipinski definition) is 1. The molecule has 0 bridgehead atoms. The van der Waals surface area contributed by atoms with E-state index in [9.17, 15) is 8.47 Å². The van der Waals surface area contributed by atoms with Crippen LogP contribution in [0.15, 0.2) is 0 Å². The molecule has 0 saturated heterocycles. The quantitative estimate of drug-likeness (QED) is 0.479. The van der Waals surface area contributed by atoms with Crippen molar-refractivity contribution in [3.8, 4) is 0 Å². The third kappa shape index (κ3) is 2.26. The predicted molar refractivity (Wildman–Crippen MR) is 12.8 cm³/mol. The minimum absolute atomic E-state index is 0.257. The fraction of sp³-hybridized carbons (Fsp3) is 0.500. The van der Waals surface area contributed by atoms with Gasteiger partial charge in [-0.25, -0.2) is 0 Å². The summed E-state index contributed by atoms with van der Waals surface area (Å²) in [6.45, 7) is 0. The number of hydrogen-bond acceptors (Lipinski definition) is 3. The molecule has 0 saturated carbocycles. The van der Waals surface area contributed by atoms with Gasteiger partial charge in [0.2, 0.25) is 0 Å². The molecule has 1 N–H and O–H groups in total. The Bertz CT molecular complexity index is 53.8. The molecule has 0 aliphatic heterocycles. The van der Waals surface area contributed by atoms with Gasteiger partial charge in [-0.15, -0.1) is 0 Å². The van der Waals surface area contributed by atoms with Gasteiger partial charge in [-0.1, -0.05) is 0 Å². The SMILES string of the molecule is O=C[CH](O)[V]=[O]. The molecule has 34 valence electrons. The number of aldehydes is 1. The molecule has 0 amide bonds. The Morgan fingerprint density at radius 3 is 2.33 bits per heavy atom. The minimum atomic E-state index is -1.40. The van der Waals surface area contributed by atoms with Crippen LogP contribution in [0.4, 0.5) is 0 Å². The van der Waals surface area contributed by atoms with Crippen LogP contribution < -0.4 is 0 Å². The van der Waals surface area contributed by atoms with Crippen LogP contribution in [0.5, 0.6) is 0 Å². The molecule has 1 unspecified atom stereocenters. The molecule has 1 atom stereocenters. The zero-order chi connectivity index (χ0) is 4.99. The van der Waals surface area contributed by atoms with Crippen LogP contribution in [-0.4, -0.2) is 16.2 Å². The third-order valence-corrected chi connectivity index (χ3v) is 0.757. The topological polar surface area (TPSA) is 54.4 Å². The molecule has 0 aliphatic carbocycles. The molecule has 6 heavy (non-hydrogen) atoms. The number of carbonyl (C=O) groups is 1. The molecule has 0 radical (unpaired) electrons. The molecule has 0 fully saturated rings. The zero-order valence-corrected chi connectivity index (χ0v) is 4.26. The van der Waals surface area contributed by atoms with E-state index in [-0.39, 0.29) is 6.29 Å². The number of aliphatic hydroxyl groups is 1. The van der Waals surface area contributed by atoms with Crippen LogP contribution in [0.3, 0.4) is 0 Å². The summed E-state index contributed by atoms with van der Waals surface area (Å²) in [5, 5.41) is 8.03. The van der Waals surface area contributed by atoms with E-state index in [1.165, 1.54) is 0 Å². The van der Waals surface area contributed by atoms with Gasteiger partial charge in [0.1, 0.15) is 0 Å². The van der Waals surface area contributed by atoms with Crippen molar-refractivity contribution >= 4 is 6.29 Å². The Morgan fingerprint density at radius 2 is 2.33 bits per heavy atom. The number of carbonyl (C=O) groups excluding carboxylic acids is 1. The maximum atomic E-state index is 9.47. The van der Waals surface area contributed by atoms with Crippen molar-refractivity contribution in [2.24, 2.45) is 0 Å². The molecule has 0 spiro atoms. The Balaban J connectivity index is 3.21. The van der Waals surface area contributed by atoms with Crippen LogP contribution >= 0.6 is 0 Å². The summed E-state index contributed by atoms with van der Waals surface area (Å²) in [5.74, 6) is 0. The fourth-order valence-electron chi connectivity index (χ4n) is 0.0248. The predicted octanol–water partition coefficient (Wildman–Crippen LogP) is -1.07. The van der Waals surface area contributed by atoms with Crippen LogP contribution in [0.25, 0.3) is 0 Å². The number of aliphatic hydroxyl groups excluding tert-OH is 1. The first-order valence-electron chi connectivity index (χ1n) is 1.27. The second-order valence-corrected chi connectivity index (χ2v) is 1.81. The van der Waals surface area contributed by atoms with Crippen molar-refractivity contribution in [1.29, 1.82) is 0 Å². The third-order valence-electron chi connectivity index (χ3n) is 0.230. The first-order valence-corrected chi connectivity index (χ1v) is 2.64. The summed E-state index contributed by atoms with van der Waals surface area (Å²) in [7, 11) is 0. The van der Waals surface area contributed by atoms with Crippen LogP contribution in [0.2, 0.25) is 0 Å². The van der Waals surface area contributed by atoms with Crippen molar-refractivity contribution in [3.63, 3.8) is 0 Å². The van der Waals surface area contributed by atoms with Crippen LogP contribution in [0, 0.1) is 0 Å². The molecular weight excluding hydrogens is 123 g/mol. The van der Waals surface area contributed by atoms with Gasteiger partial charge in [0.25, 0.3) is 0 Å². The first-order chi connectivity index (χ1) is 2.81. The van der Waals surface area contributed by atoms with Gasteiger partial charge in [-0.2, -0.15) is 0 Å². The van der Waals surface area contributed by atoms with Crippen molar-refractivity contribution in [3.05, 3.63) is 0 Å². The van der Waals surface area contributed by atoms with E-state index < -0.39 is 21.1 Å².